The quantitative estimate of drug-likeness (QED) is 0.879. The zero-order chi connectivity index (χ0) is 16.2. The highest BCUT2D eigenvalue weighted by molar-refractivity contribution is 6.32. The number of anilines is 1. The van der Waals surface area contributed by atoms with E-state index in [2.05, 4.69) is 12.2 Å². The molecule has 1 N–H and O–H groups in total. The summed E-state index contributed by atoms with van der Waals surface area (Å²) in [4.78, 5) is 12.8. The molecule has 0 aliphatic heterocycles. The Kier molecular flexibility index (Phi) is 5.70. The lowest BCUT2D eigenvalue weighted by molar-refractivity contribution is -0.147. The Bertz CT molecular complexity index is 531. The molecule has 0 aromatic heterocycles. The summed E-state index contributed by atoms with van der Waals surface area (Å²) in [5.41, 5.74) is -0.0631. The lowest BCUT2D eigenvalue weighted by atomic mass is 9.78. The molecule has 0 heterocycles. The minimum absolute atomic E-state index is 0.0814. The molecule has 1 saturated carbocycles. The molecule has 4 nitrogen and oxygen atoms in total. The number of hydrogen-bond acceptors (Lipinski definition) is 3. The Labute approximate surface area is 137 Å². The largest absolute Gasteiger partial charge is 0.495 e. The summed E-state index contributed by atoms with van der Waals surface area (Å²) in [6.45, 7) is 4.63. The Morgan fingerprint density at radius 3 is 2.86 bits per heavy atom. The molecule has 2 atom stereocenters. The van der Waals surface area contributed by atoms with Gasteiger partial charge in [-0.3, -0.25) is 4.79 Å². The van der Waals surface area contributed by atoms with Crippen molar-refractivity contribution >= 4 is 23.2 Å². The molecule has 122 valence electrons. The van der Waals surface area contributed by atoms with Crippen molar-refractivity contribution in [1.29, 1.82) is 0 Å². The van der Waals surface area contributed by atoms with Crippen molar-refractivity contribution in [2.24, 2.45) is 5.92 Å². The van der Waals surface area contributed by atoms with Gasteiger partial charge in [-0.05, 0) is 50.3 Å². The van der Waals surface area contributed by atoms with E-state index in [-0.39, 0.29) is 5.91 Å². The summed E-state index contributed by atoms with van der Waals surface area (Å²) < 4.78 is 11.0. The molecule has 22 heavy (non-hydrogen) atoms. The van der Waals surface area contributed by atoms with E-state index >= 15 is 0 Å². The SMILES string of the molecule is CCOC1(C(=O)Nc2ccc(OC)c(Cl)c2)CCCC(C)C1. The lowest BCUT2D eigenvalue weighted by Crippen LogP contribution is -2.48. The number of benzene rings is 1. The molecule has 2 unspecified atom stereocenters. The van der Waals surface area contributed by atoms with Crippen LogP contribution in [0.25, 0.3) is 0 Å². The minimum Gasteiger partial charge on any atom is -0.495 e. The predicted octanol–water partition coefficient (Wildman–Crippen LogP) is 4.27. The van der Waals surface area contributed by atoms with E-state index in [1.807, 2.05) is 6.92 Å². The zero-order valence-electron chi connectivity index (χ0n) is 13.4. The van der Waals surface area contributed by atoms with E-state index in [4.69, 9.17) is 21.1 Å². The molecule has 1 aliphatic rings. The molecule has 1 aromatic rings. The van der Waals surface area contributed by atoms with Gasteiger partial charge in [-0.2, -0.15) is 0 Å². The fraction of sp³-hybridized carbons (Fsp3) is 0.588. The second-order valence-electron chi connectivity index (χ2n) is 5.93. The second kappa shape index (κ2) is 7.34. The minimum atomic E-state index is -0.723. The summed E-state index contributed by atoms with van der Waals surface area (Å²) in [7, 11) is 1.56. The van der Waals surface area contributed by atoms with Gasteiger partial charge >= 0.3 is 0 Å². The highest BCUT2D eigenvalue weighted by atomic mass is 35.5. The second-order valence-corrected chi connectivity index (χ2v) is 6.34. The van der Waals surface area contributed by atoms with Crippen LogP contribution in [-0.2, 0) is 9.53 Å². The molecule has 1 aliphatic carbocycles. The number of halogens is 1. The van der Waals surface area contributed by atoms with Gasteiger partial charge in [0.05, 0.1) is 12.1 Å². The Morgan fingerprint density at radius 2 is 2.27 bits per heavy atom. The van der Waals surface area contributed by atoms with Crippen LogP contribution in [0.4, 0.5) is 5.69 Å². The summed E-state index contributed by atoms with van der Waals surface area (Å²) >= 11 is 6.11. The third-order valence-corrected chi connectivity index (χ3v) is 4.50. The van der Waals surface area contributed by atoms with E-state index < -0.39 is 5.60 Å². The van der Waals surface area contributed by atoms with Crippen LogP contribution in [-0.4, -0.2) is 25.2 Å². The first kappa shape index (κ1) is 17.1. The summed E-state index contributed by atoms with van der Waals surface area (Å²) in [6, 6.07) is 5.23. The van der Waals surface area contributed by atoms with Gasteiger partial charge in [0.2, 0.25) is 0 Å². The summed E-state index contributed by atoms with van der Waals surface area (Å²) in [5, 5.41) is 3.42. The van der Waals surface area contributed by atoms with Crippen LogP contribution in [0, 0.1) is 5.92 Å². The fourth-order valence-electron chi connectivity index (χ4n) is 3.17. The number of ether oxygens (including phenoxy) is 2. The maximum absolute atomic E-state index is 12.8. The maximum Gasteiger partial charge on any atom is 0.256 e. The molecule has 1 aromatic carbocycles. The number of rotatable bonds is 5. The number of amides is 1. The van der Waals surface area contributed by atoms with Crippen molar-refractivity contribution < 1.29 is 14.3 Å². The molecule has 1 amide bonds. The molecular formula is C17H24ClNO3. The predicted molar refractivity (Wildman–Crippen MR) is 88.6 cm³/mol. The standard InChI is InChI=1S/C17H24ClNO3/c1-4-22-17(9-5-6-12(2)11-17)16(20)19-13-7-8-15(21-3)14(18)10-13/h7-8,10,12H,4-6,9,11H2,1-3H3,(H,19,20). The van der Waals surface area contributed by atoms with E-state index in [0.29, 0.717) is 29.0 Å². The van der Waals surface area contributed by atoms with Gasteiger partial charge in [0.15, 0.2) is 0 Å². The topological polar surface area (TPSA) is 47.6 Å². The van der Waals surface area contributed by atoms with Crippen LogP contribution in [0.15, 0.2) is 18.2 Å². The Hall–Kier alpha value is -1.26. The van der Waals surface area contributed by atoms with Crippen LogP contribution in [0.3, 0.4) is 0 Å². The van der Waals surface area contributed by atoms with E-state index in [1.165, 1.54) is 0 Å². The van der Waals surface area contributed by atoms with Gasteiger partial charge in [-0.1, -0.05) is 24.9 Å². The average molecular weight is 326 g/mol. The van der Waals surface area contributed by atoms with Gasteiger partial charge in [0.25, 0.3) is 5.91 Å². The molecule has 2 rings (SSSR count). The smallest absolute Gasteiger partial charge is 0.256 e. The highest BCUT2D eigenvalue weighted by Crippen LogP contribution is 2.36. The zero-order valence-corrected chi connectivity index (χ0v) is 14.2. The van der Waals surface area contributed by atoms with Gasteiger partial charge in [0.1, 0.15) is 11.4 Å². The number of hydrogen-bond donors (Lipinski definition) is 1. The highest BCUT2D eigenvalue weighted by Gasteiger charge is 2.42. The first-order valence-corrected chi connectivity index (χ1v) is 8.17. The molecule has 0 bridgehead atoms. The third-order valence-electron chi connectivity index (χ3n) is 4.20. The van der Waals surface area contributed by atoms with Crippen molar-refractivity contribution in [3.8, 4) is 5.75 Å². The molecule has 5 heteroatoms. The summed E-state index contributed by atoms with van der Waals surface area (Å²) in [5.74, 6) is 0.998. The van der Waals surface area contributed by atoms with Crippen LogP contribution in [0.2, 0.25) is 5.02 Å². The monoisotopic (exact) mass is 325 g/mol. The lowest BCUT2D eigenvalue weighted by Gasteiger charge is -2.38. The first-order valence-electron chi connectivity index (χ1n) is 7.79. The molecular weight excluding hydrogens is 302 g/mol. The normalized spacial score (nSPS) is 24.8. The molecule has 0 saturated heterocycles. The number of carbonyl (C=O) groups is 1. The summed E-state index contributed by atoms with van der Waals surface area (Å²) in [6.07, 6.45) is 3.69. The first-order chi connectivity index (χ1) is 10.5. The molecule has 1 fully saturated rings. The van der Waals surface area contributed by atoms with E-state index in [1.54, 1.807) is 25.3 Å². The fourth-order valence-corrected chi connectivity index (χ4v) is 3.43. The Morgan fingerprint density at radius 1 is 1.50 bits per heavy atom. The van der Waals surface area contributed by atoms with Gasteiger partial charge in [0, 0.05) is 12.3 Å². The third kappa shape index (κ3) is 3.73. The van der Waals surface area contributed by atoms with Crippen LogP contribution in [0.5, 0.6) is 5.75 Å². The molecule has 0 spiro atoms. The van der Waals surface area contributed by atoms with Crippen LogP contribution >= 0.6 is 11.6 Å². The molecule has 0 radical (unpaired) electrons. The number of carbonyl (C=O) groups excluding carboxylic acids is 1. The van der Waals surface area contributed by atoms with Crippen LogP contribution < -0.4 is 10.1 Å². The van der Waals surface area contributed by atoms with Gasteiger partial charge in [-0.25, -0.2) is 0 Å². The van der Waals surface area contributed by atoms with Gasteiger partial charge in [-0.15, -0.1) is 0 Å². The van der Waals surface area contributed by atoms with E-state index in [0.717, 1.165) is 25.7 Å². The van der Waals surface area contributed by atoms with Crippen LogP contribution in [0.1, 0.15) is 39.5 Å². The van der Waals surface area contributed by atoms with Gasteiger partial charge < -0.3 is 14.8 Å². The van der Waals surface area contributed by atoms with Crippen molar-refractivity contribution in [2.45, 2.75) is 45.1 Å². The van der Waals surface area contributed by atoms with Crippen molar-refractivity contribution in [1.82, 2.24) is 0 Å². The Balaban J connectivity index is 2.16. The average Bonchev–Trinajstić information content (AvgIpc) is 2.47. The van der Waals surface area contributed by atoms with Crippen molar-refractivity contribution in [3.05, 3.63) is 23.2 Å². The number of nitrogens with one attached hydrogen (secondary N) is 1. The number of methoxy groups -OCH3 is 1. The maximum atomic E-state index is 12.8. The van der Waals surface area contributed by atoms with E-state index in [9.17, 15) is 4.79 Å². The van der Waals surface area contributed by atoms with Crippen molar-refractivity contribution in [3.63, 3.8) is 0 Å². The van der Waals surface area contributed by atoms with Crippen molar-refractivity contribution in [2.75, 3.05) is 19.0 Å².